The molecule has 2 aromatic rings. The molecule has 30 heavy (non-hydrogen) atoms. The maximum absolute atomic E-state index is 11.7. The number of carbonyl (C=O) groups is 2. The smallest absolute Gasteiger partial charge is 0.481 e. The Morgan fingerprint density at radius 1 is 1.20 bits per heavy atom. The molecule has 0 saturated heterocycles. The van der Waals surface area contributed by atoms with E-state index < -0.39 is 18.1 Å². The van der Waals surface area contributed by atoms with Crippen LogP contribution in [0.25, 0.3) is 11.1 Å². The van der Waals surface area contributed by atoms with Crippen molar-refractivity contribution in [2.24, 2.45) is 0 Å². The Labute approximate surface area is 169 Å². The molecule has 0 atom stereocenters. The van der Waals surface area contributed by atoms with Gasteiger partial charge in [-0.3, -0.25) is 9.59 Å². The first-order chi connectivity index (χ1) is 14.1. The molecule has 0 amide bonds. The number of rotatable bonds is 7. The molecule has 0 aromatic carbocycles. The maximum atomic E-state index is 11.7. The number of hydrogen-bond donors (Lipinski definition) is 1. The highest BCUT2D eigenvalue weighted by atomic mass is 19.4. The molecule has 0 aliphatic rings. The van der Waals surface area contributed by atoms with Crippen molar-refractivity contribution in [1.82, 2.24) is 9.67 Å². The number of hydrogen-bond acceptors (Lipinski definition) is 6. The second kappa shape index (κ2) is 11.7. The van der Waals surface area contributed by atoms with Crippen LogP contribution in [0, 0.1) is 0 Å². The van der Waals surface area contributed by atoms with E-state index in [2.05, 4.69) is 9.84 Å². The zero-order valence-electron chi connectivity index (χ0n) is 16.3. The van der Waals surface area contributed by atoms with Crippen LogP contribution in [0.1, 0.15) is 6.42 Å². The van der Waals surface area contributed by atoms with Crippen LogP contribution in [0.4, 0.5) is 13.2 Å². The van der Waals surface area contributed by atoms with Gasteiger partial charge in [-0.2, -0.15) is 13.2 Å². The summed E-state index contributed by atoms with van der Waals surface area (Å²) < 4.78 is 44.4. The summed E-state index contributed by atoms with van der Waals surface area (Å²) >= 11 is 0. The van der Waals surface area contributed by atoms with Gasteiger partial charge in [-0.15, -0.1) is 0 Å². The average Bonchev–Trinajstić information content (AvgIpc) is 2.71. The number of aryl methyl sites for hydroxylation is 1. The van der Waals surface area contributed by atoms with Gasteiger partial charge < -0.3 is 19.1 Å². The summed E-state index contributed by atoms with van der Waals surface area (Å²) in [7, 11) is 2.27. The van der Waals surface area contributed by atoms with Gasteiger partial charge in [0.2, 0.25) is 0 Å². The Hall–Kier alpha value is -3.28. The highest BCUT2D eigenvalue weighted by Crippen LogP contribution is 2.15. The Morgan fingerprint density at radius 2 is 1.90 bits per heavy atom. The van der Waals surface area contributed by atoms with Crippen molar-refractivity contribution in [2.45, 2.75) is 25.7 Å². The molecule has 2 heterocycles. The molecule has 0 saturated carbocycles. The fourth-order valence-corrected chi connectivity index (χ4v) is 2.08. The van der Waals surface area contributed by atoms with E-state index in [0.717, 1.165) is 11.1 Å². The van der Waals surface area contributed by atoms with Crippen molar-refractivity contribution >= 4 is 11.9 Å². The van der Waals surface area contributed by atoms with Crippen molar-refractivity contribution in [2.75, 3.05) is 20.8 Å². The summed E-state index contributed by atoms with van der Waals surface area (Å²) in [5.74, 6) is -3.03. The number of halogens is 3. The number of carbonyl (C=O) groups excluding carboxylic acids is 1. The number of methoxy groups -OCH3 is 2. The minimum absolute atomic E-state index is 0.0267. The minimum atomic E-state index is -4.85. The van der Waals surface area contributed by atoms with E-state index in [0.29, 0.717) is 26.8 Å². The summed E-state index contributed by atoms with van der Waals surface area (Å²) in [5.41, 5.74) is 1.65. The van der Waals surface area contributed by atoms with Crippen LogP contribution >= 0.6 is 0 Å². The second-order valence-corrected chi connectivity index (χ2v) is 5.75. The minimum Gasteiger partial charge on any atom is -0.481 e. The normalized spacial score (nSPS) is 10.7. The number of carboxylic acid groups (broad SMARTS) is 1. The highest BCUT2D eigenvalue weighted by molar-refractivity contribution is 5.75. The molecule has 0 fully saturated rings. The summed E-state index contributed by atoms with van der Waals surface area (Å²) in [4.78, 5) is 31.8. The predicted molar refractivity (Wildman–Crippen MR) is 96.3 cm³/mol. The number of alkyl halides is 3. The Kier molecular flexibility index (Phi) is 9.62. The molecule has 2 aromatic heterocycles. The zero-order chi connectivity index (χ0) is 22.7. The third-order valence-corrected chi connectivity index (χ3v) is 3.60. The molecule has 0 aliphatic carbocycles. The van der Waals surface area contributed by atoms with E-state index in [1.165, 1.54) is 6.07 Å². The van der Waals surface area contributed by atoms with E-state index in [1.807, 2.05) is 6.07 Å². The van der Waals surface area contributed by atoms with Gasteiger partial charge in [-0.25, -0.2) is 4.79 Å². The molecule has 12 heteroatoms. The van der Waals surface area contributed by atoms with Gasteiger partial charge in [0.1, 0.15) is 12.6 Å². The fraction of sp³-hybridized carbons (Fsp3) is 0.389. The molecule has 0 aliphatic heterocycles. The van der Waals surface area contributed by atoms with Gasteiger partial charge in [-0.1, -0.05) is 4.68 Å². The SMILES string of the molecule is COC(=O)C(F)(F)F.COCCn1cc(-c2cc[n+](CCC(=O)O)nc2)ccc1=O. The van der Waals surface area contributed by atoms with Gasteiger partial charge in [0.05, 0.1) is 13.7 Å². The molecule has 0 radical (unpaired) electrons. The van der Waals surface area contributed by atoms with Crippen LogP contribution in [0.5, 0.6) is 0 Å². The standard InChI is InChI=1S/C15H17N3O4.C3H3F3O2/c1-22-9-8-17-11-13(2-3-14(17)19)12-4-6-18(16-10-12)7-5-15(20)21;1-8-2(7)3(4,5)6/h2-4,6,10-11H,5,7-9H2,1H3;1H3/p+1. The molecular weight excluding hydrogens is 411 g/mol. The predicted octanol–water partition coefficient (Wildman–Crippen LogP) is 1.04. The van der Waals surface area contributed by atoms with Crippen LogP contribution in [0.15, 0.2) is 41.6 Å². The van der Waals surface area contributed by atoms with Crippen LogP contribution in [0.2, 0.25) is 0 Å². The number of aromatic nitrogens is 3. The monoisotopic (exact) mass is 432 g/mol. The lowest BCUT2D eigenvalue weighted by atomic mass is 10.1. The first-order valence-corrected chi connectivity index (χ1v) is 8.51. The molecule has 0 bridgehead atoms. The van der Waals surface area contributed by atoms with E-state index in [1.54, 1.807) is 41.0 Å². The molecular formula is C18H21F3N3O6+. The van der Waals surface area contributed by atoms with Gasteiger partial charge in [0.25, 0.3) is 5.56 Å². The lowest BCUT2D eigenvalue weighted by Crippen LogP contribution is -2.38. The van der Waals surface area contributed by atoms with E-state index >= 15 is 0 Å². The Balaban J connectivity index is 0.000000479. The largest absolute Gasteiger partial charge is 0.490 e. The molecule has 1 N–H and O–H groups in total. The first-order valence-electron chi connectivity index (χ1n) is 8.51. The van der Waals surface area contributed by atoms with E-state index in [9.17, 15) is 27.6 Å². The van der Waals surface area contributed by atoms with Gasteiger partial charge in [-0.05, 0) is 11.2 Å². The topological polar surface area (TPSA) is 112 Å². The van der Waals surface area contributed by atoms with Crippen LogP contribution < -0.4 is 10.2 Å². The first kappa shape index (κ1) is 24.8. The van der Waals surface area contributed by atoms with Gasteiger partial charge in [0.15, 0.2) is 12.7 Å². The van der Waals surface area contributed by atoms with Crippen molar-refractivity contribution < 1.29 is 42.0 Å². The lowest BCUT2D eigenvalue weighted by molar-refractivity contribution is -0.752. The van der Waals surface area contributed by atoms with Crippen molar-refractivity contribution in [1.29, 1.82) is 0 Å². The van der Waals surface area contributed by atoms with Crippen LogP contribution in [0.3, 0.4) is 0 Å². The Morgan fingerprint density at radius 3 is 2.37 bits per heavy atom. The summed E-state index contributed by atoms with van der Waals surface area (Å²) in [5, 5.41) is 12.8. The fourth-order valence-electron chi connectivity index (χ4n) is 2.08. The molecule has 0 spiro atoms. The van der Waals surface area contributed by atoms with Crippen LogP contribution in [-0.2, 0) is 32.2 Å². The molecule has 164 valence electrons. The molecule has 9 nitrogen and oxygen atoms in total. The summed E-state index contributed by atoms with van der Waals surface area (Å²) in [6.07, 6.45) is 0.318. The lowest BCUT2D eigenvalue weighted by Gasteiger charge is -2.07. The zero-order valence-corrected chi connectivity index (χ0v) is 16.3. The maximum Gasteiger partial charge on any atom is 0.490 e. The van der Waals surface area contributed by atoms with Gasteiger partial charge in [0, 0.05) is 43.1 Å². The van der Waals surface area contributed by atoms with Crippen molar-refractivity contribution in [3.63, 3.8) is 0 Å². The third kappa shape index (κ3) is 8.39. The number of ether oxygens (including phenoxy) is 2. The highest BCUT2D eigenvalue weighted by Gasteiger charge is 2.40. The second-order valence-electron chi connectivity index (χ2n) is 5.75. The van der Waals surface area contributed by atoms with Crippen LogP contribution in [-0.4, -0.2) is 53.7 Å². The number of esters is 1. The van der Waals surface area contributed by atoms with E-state index in [-0.39, 0.29) is 12.0 Å². The number of nitrogens with zero attached hydrogens (tertiary/aromatic N) is 3. The summed E-state index contributed by atoms with van der Waals surface area (Å²) in [6.45, 7) is 1.27. The molecule has 0 unspecified atom stereocenters. The number of aliphatic carboxylic acids is 1. The summed E-state index contributed by atoms with van der Waals surface area (Å²) in [6, 6.07) is 5.09. The van der Waals surface area contributed by atoms with Crippen molar-refractivity contribution in [3.05, 3.63) is 47.1 Å². The van der Waals surface area contributed by atoms with Crippen molar-refractivity contribution in [3.8, 4) is 11.1 Å². The number of carboxylic acids is 1. The van der Waals surface area contributed by atoms with Gasteiger partial charge >= 0.3 is 18.1 Å². The molecule has 2 rings (SSSR count). The average molecular weight is 432 g/mol. The third-order valence-electron chi connectivity index (χ3n) is 3.60. The van der Waals surface area contributed by atoms with E-state index in [4.69, 9.17) is 9.84 Å². The number of pyridine rings is 1. The Bertz CT molecular complexity index is 897. The quantitative estimate of drug-likeness (QED) is 0.514.